The van der Waals surface area contributed by atoms with E-state index in [-0.39, 0.29) is 0 Å². The average Bonchev–Trinajstić information content (AvgIpc) is 3.43. The van der Waals surface area contributed by atoms with E-state index >= 15 is 0 Å². The minimum atomic E-state index is 0.865. The molecule has 5 heteroatoms. The van der Waals surface area contributed by atoms with Gasteiger partial charge in [-0.2, -0.15) is 5.10 Å². The van der Waals surface area contributed by atoms with Crippen molar-refractivity contribution in [3.63, 3.8) is 0 Å². The molecule has 5 nitrogen and oxygen atoms in total. The van der Waals surface area contributed by atoms with Gasteiger partial charge in [0.1, 0.15) is 5.82 Å². The van der Waals surface area contributed by atoms with Gasteiger partial charge in [0, 0.05) is 48.6 Å². The zero-order chi connectivity index (χ0) is 26.2. The lowest BCUT2D eigenvalue weighted by atomic mass is 10.1. The summed E-state index contributed by atoms with van der Waals surface area (Å²) in [5.74, 6) is 1.07. The third-order valence-electron chi connectivity index (χ3n) is 7.30. The first-order valence-corrected chi connectivity index (χ1v) is 14.0. The molecule has 0 saturated carbocycles. The SMILES string of the molecule is CCCCN(Cc1c(C)nn(CC)c1C)Cc1c(-c2ccccc2)nc(-c2ccccc2)n1CCCC. The predicted molar refractivity (Wildman–Crippen MR) is 154 cm³/mol. The monoisotopic (exact) mass is 497 g/mol. The summed E-state index contributed by atoms with van der Waals surface area (Å²) in [4.78, 5) is 7.93. The number of benzene rings is 2. The fourth-order valence-corrected chi connectivity index (χ4v) is 5.14. The molecule has 0 aliphatic heterocycles. The molecule has 2 aromatic carbocycles. The lowest BCUT2D eigenvalue weighted by molar-refractivity contribution is 0.245. The van der Waals surface area contributed by atoms with Gasteiger partial charge in [-0.1, -0.05) is 87.4 Å². The summed E-state index contributed by atoms with van der Waals surface area (Å²) in [5.41, 5.74) is 8.58. The molecule has 0 bridgehead atoms. The third-order valence-corrected chi connectivity index (χ3v) is 7.30. The van der Waals surface area contributed by atoms with Crippen LogP contribution in [-0.4, -0.2) is 30.8 Å². The molecule has 2 aromatic heterocycles. The molecular weight excluding hydrogens is 454 g/mol. The predicted octanol–water partition coefficient (Wildman–Crippen LogP) is 7.65. The van der Waals surface area contributed by atoms with E-state index in [1.54, 1.807) is 0 Å². The van der Waals surface area contributed by atoms with E-state index in [0.29, 0.717) is 0 Å². The van der Waals surface area contributed by atoms with Crippen molar-refractivity contribution in [3.05, 3.63) is 83.3 Å². The van der Waals surface area contributed by atoms with Crippen LogP contribution < -0.4 is 0 Å². The molecule has 196 valence electrons. The molecule has 2 heterocycles. The molecule has 0 N–H and O–H groups in total. The normalized spacial score (nSPS) is 11.5. The van der Waals surface area contributed by atoms with Gasteiger partial charge in [-0.3, -0.25) is 9.58 Å². The molecule has 4 rings (SSSR count). The first-order chi connectivity index (χ1) is 18.1. The number of rotatable bonds is 13. The lowest BCUT2D eigenvalue weighted by Crippen LogP contribution is -2.26. The van der Waals surface area contributed by atoms with Crippen LogP contribution in [0.3, 0.4) is 0 Å². The average molecular weight is 498 g/mol. The highest BCUT2D eigenvalue weighted by Gasteiger charge is 2.23. The third kappa shape index (κ3) is 6.22. The summed E-state index contributed by atoms with van der Waals surface area (Å²) < 4.78 is 4.63. The molecule has 0 spiro atoms. The molecule has 0 aliphatic carbocycles. The van der Waals surface area contributed by atoms with Gasteiger partial charge < -0.3 is 4.57 Å². The second-order valence-corrected chi connectivity index (χ2v) is 10.00. The molecule has 0 amide bonds. The molecule has 0 saturated heterocycles. The Morgan fingerprint density at radius 1 is 0.784 bits per heavy atom. The van der Waals surface area contributed by atoms with Gasteiger partial charge in [0.2, 0.25) is 0 Å². The summed E-state index contributed by atoms with van der Waals surface area (Å²) in [6.45, 7) is 15.8. The highest BCUT2D eigenvalue weighted by Crippen LogP contribution is 2.31. The number of aromatic nitrogens is 4. The summed E-state index contributed by atoms with van der Waals surface area (Å²) in [5, 5.41) is 4.81. The van der Waals surface area contributed by atoms with Gasteiger partial charge in [0.25, 0.3) is 0 Å². The molecule has 4 aromatic rings. The van der Waals surface area contributed by atoms with Crippen LogP contribution in [-0.2, 0) is 26.2 Å². The maximum atomic E-state index is 5.32. The van der Waals surface area contributed by atoms with Crippen molar-refractivity contribution in [2.24, 2.45) is 0 Å². The van der Waals surface area contributed by atoms with E-state index in [2.05, 4.69) is 109 Å². The van der Waals surface area contributed by atoms with E-state index in [0.717, 1.165) is 62.8 Å². The van der Waals surface area contributed by atoms with Crippen LogP contribution in [0.4, 0.5) is 0 Å². The second-order valence-electron chi connectivity index (χ2n) is 10.00. The highest BCUT2D eigenvalue weighted by molar-refractivity contribution is 5.68. The van der Waals surface area contributed by atoms with E-state index in [1.807, 2.05) is 0 Å². The number of aryl methyl sites for hydroxylation is 2. The lowest BCUT2D eigenvalue weighted by Gasteiger charge is -2.24. The Kier molecular flexibility index (Phi) is 9.34. The minimum absolute atomic E-state index is 0.865. The number of imidazole rings is 1. The molecule has 0 radical (unpaired) electrons. The first kappa shape index (κ1) is 26.9. The summed E-state index contributed by atoms with van der Waals surface area (Å²) >= 11 is 0. The second kappa shape index (κ2) is 12.9. The standard InChI is InChI=1S/C32H43N5/c1-6-9-21-35(23-29-25(4)34-37(8-3)26(29)5)24-30-31(27-17-13-11-14-18-27)33-32(36(30)22-10-7-2)28-19-15-12-16-20-28/h11-20H,6-10,21-24H2,1-5H3. The van der Waals surface area contributed by atoms with Gasteiger partial charge in [0.15, 0.2) is 0 Å². The Morgan fingerprint density at radius 3 is 2.03 bits per heavy atom. The van der Waals surface area contributed by atoms with Crippen molar-refractivity contribution in [3.8, 4) is 22.6 Å². The van der Waals surface area contributed by atoms with Gasteiger partial charge in [-0.05, 0) is 40.2 Å². The molecular formula is C32H43N5. The van der Waals surface area contributed by atoms with Crippen molar-refractivity contribution in [2.75, 3.05) is 6.54 Å². The summed E-state index contributed by atoms with van der Waals surface area (Å²) in [7, 11) is 0. The smallest absolute Gasteiger partial charge is 0.140 e. The summed E-state index contributed by atoms with van der Waals surface area (Å²) in [6.07, 6.45) is 4.64. The van der Waals surface area contributed by atoms with E-state index in [4.69, 9.17) is 10.1 Å². The van der Waals surface area contributed by atoms with Crippen molar-refractivity contribution < 1.29 is 0 Å². The molecule has 0 atom stereocenters. The first-order valence-electron chi connectivity index (χ1n) is 14.0. The fourth-order valence-electron chi connectivity index (χ4n) is 5.14. The van der Waals surface area contributed by atoms with Crippen LogP contribution in [0.1, 0.15) is 69.1 Å². The van der Waals surface area contributed by atoms with Crippen LogP contribution in [0.25, 0.3) is 22.6 Å². The quantitative estimate of drug-likeness (QED) is 0.190. The topological polar surface area (TPSA) is 38.9 Å². The number of unbranched alkanes of at least 4 members (excludes halogenated alkanes) is 2. The maximum absolute atomic E-state index is 5.32. The fraction of sp³-hybridized carbons (Fsp3) is 0.438. The molecule has 0 unspecified atom stereocenters. The number of nitrogens with zero attached hydrogens (tertiary/aromatic N) is 5. The number of hydrogen-bond donors (Lipinski definition) is 0. The van der Waals surface area contributed by atoms with Crippen LogP contribution in [0.2, 0.25) is 0 Å². The molecule has 37 heavy (non-hydrogen) atoms. The van der Waals surface area contributed by atoms with E-state index in [9.17, 15) is 0 Å². The van der Waals surface area contributed by atoms with Crippen LogP contribution >= 0.6 is 0 Å². The minimum Gasteiger partial charge on any atom is -0.326 e. The molecule has 0 aliphatic rings. The van der Waals surface area contributed by atoms with Crippen molar-refractivity contribution in [1.82, 2.24) is 24.2 Å². The van der Waals surface area contributed by atoms with Crippen LogP contribution in [0.5, 0.6) is 0 Å². The Bertz CT molecular complexity index is 1250. The van der Waals surface area contributed by atoms with Crippen molar-refractivity contribution in [1.29, 1.82) is 0 Å². The van der Waals surface area contributed by atoms with Gasteiger partial charge in [0.05, 0.1) is 17.1 Å². The zero-order valence-corrected chi connectivity index (χ0v) is 23.4. The van der Waals surface area contributed by atoms with Crippen molar-refractivity contribution in [2.45, 2.75) is 86.5 Å². The van der Waals surface area contributed by atoms with Crippen molar-refractivity contribution >= 4 is 0 Å². The van der Waals surface area contributed by atoms with Crippen LogP contribution in [0, 0.1) is 13.8 Å². The Morgan fingerprint density at radius 2 is 1.43 bits per heavy atom. The summed E-state index contributed by atoms with van der Waals surface area (Å²) in [6, 6.07) is 21.4. The van der Waals surface area contributed by atoms with Gasteiger partial charge in [-0.15, -0.1) is 0 Å². The van der Waals surface area contributed by atoms with Gasteiger partial charge >= 0.3 is 0 Å². The van der Waals surface area contributed by atoms with Gasteiger partial charge in [-0.25, -0.2) is 4.98 Å². The largest absolute Gasteiger partial charge is 0.326 e. The Hall–Kier alpha value is -3.18. The zero-order valence-electron chi connectivity index (χ0n) is 23.4. The van der Waals surface area contributed by atoms with E-state index in [1.165, 1.54) is 40.9 Å². The van der Waals surface area contributed by atoms with Crippen LogP contribution in [0.15, 0.2) is 60.7 Å². The highest BCUT2D eigenvalue weighted by atomic mass is 15.3. The maximum Gasteiger partial charge on any atom is 0.140 e. The Balaban J connectivity index is 1.81. The molecule has 0 fully saturated rings. The number of hydrogen-bond acceptors (Lipinski definition) is 3. The van der Waals surface area contributed by atoms with E-state index < -0.39 is 0 Å². The Labute approximate surface area is 223 Å².